The number of benzene rings is 1. The molecule has 0 spiro atoms. The lowest BCUT2D eigenvalue weighted by molar-refractivity contribution is 0.150. The van der Waals surface area contributed by atoms with E-state index >= 15 is 0 Å². The van der Waals surface area contributed by atoms with E-state index in [0.29, 0.717) is 28.8 Å². The van der Waals surface area contributed by atoms with Crippen molar-refractivity contribution in [3.05, 3.63) is 29.8 Å². The van der Waals surface area contributed by atoms with Crippen molar-refractivity contribution in [3.63, 3.8) is 0 Å². The average molecular weight is 288 g/mol. The van der Waals surface area contributed by atoms with Crippen LogP contribution in [-0.2, 0) is 0 Å². The van der Waals surface area contributed by atoms with Gasteiger partial charge < -0.3 is 5.11 Å². The van der Waals surface area contributed by atoms with E-state index in [9.17, 15) is 5.11 Å². The van der Waals surface area contributed by atoms with Crippen LogP contribution in [0.1, 0.15) is 66.4 Å². The minimum atomic E-state index is 0.225. The molecule has 0 fully saturated rings. The molecule has 1 nitrogen and oxygen atoms in total. The molecule has 0 aliphatic heterocycles. The third-order valence-electron chi connectivity index (χ3n) is 5.97. The summed E-state index contributed by atoms with van der Waals surface area (Å²) in [5.41, 5.74) is 1.87. The molecule has 21 heavy (non-hydrogen) atoms. The number of rotatable bonds is 6. The lowest BCUT2D eigenvalue weighted by Gasteiger charge is -2.44. The Morgan fingerprint density at radius 2 is 1.48 bits per heavy atom. The van der Waals surface area contributed by atoms with Gasteiger partial charge in [-0.25, -0.2) is 0 Å². The van der Waals surface area contributed by atoms with Crippen LogP contribution >= 0.6 is 0 Å². The molecule has 0 aromatic heterocycles. The summed E-state index contributed by atoms with van der Waals surface area (Å²) in [7, 11) is 2.32. The first-order chi connectivity index (χ1) is 9.48. The maximum Gasteiger partial charge on any atom is 0.115 e. The smallest absolute Gasteiger partial charge is 0.115 e. The Morgan fingerprint density at radius 1 is 1.00 bits per heavy atom. The third kappa shape index (κ3) is 4.28. The summed E-state index contributed by atoms with van der Waals surface area (Å²) in [4.78, 5) is 0. The molecule has 0 radical (unpaired) electrons. The first-order valence-corrected chi connectivity index (χ1v) is 8.27. The van der Waals surface area contributed by atoms with Crippen molar-refractivity contribution in [2.75, 3.05) is 0 Å². The quantitative estimate of drug-likeness (QED) is 0.729. The minimum absolute atomic E-state index is 0.225. The van der Waals surface area contributed by atoms with Crippen LogP contribution in [0.5, 0.6) is 5.75 Å². The van der Waals surface area contributed by atoms with E-state index in [2.05, 4.69) is 68.4 Å². The van der Waals surface area contributed by atoms with Crippen LogP contribution in [0.15, 0.2) is 24.3 Å². The van der Waals surface area contributed by atoms with Crippen LogP contribution in [0.25, 0.3) is 0 Å². The van der Waals surface area contributed by atoms with E-state index in [-0.39, 0.29) is 5.41 Å². The summed E-state index contributed by atoms with van der Waals surface area (Å²) >= 11 is 0. The van der Waals surface area contributed by atoms with Crippen LogP contribution < -0.4 is 0 Å². The maximum absolute atomic E-state index is 9.57. The van der Waals surface area contributed by atoms with E-state index in [4.69, 9.17) is 0 Å². The van der Waals surface area contributed by atoms with E-state index in [0.717, 1.165) is 0 Å². The number of aromatic hydroxyl groups is 1. The number of hydrogen-bond acceptors (Lipinski definition) is 1. The molecule has 118 valence electrons. The van der Waals surface area contributed by atoms with E-state index in [1.54, 1.807) is 0 Å². The van der Waals surface area contributed by atoms with Gasteiger partial charge >= 0.3 is 0 Å². The molecule has 1 rings (SSSR count). The SMILES string of the molecule is BC(C)C(C)(C)C(CC(C)(C)C(C)C)c1ccc(O)cc1. The molecule has 0 amide bonds. The van der Waals surface area contributed by atoms with E-state index in [1.165, 1.54) is 12.0 Å². The first kappa shape index (κ1) is 18.1. The Hall–Kier alpha value is -0.915. The summed E-state index contributed by atoms with van der Waals surface area (Å²) in [5, 5.41) is 9.57. The van der Waals surface area contributed by atoms with Crippen LogP contribution in [0.4, 0.5) is 0 Å². The summed E-state index contributed by atoms with van der Waals surface area (Å²) in [5.74, 6) is 2.11. The highest BCUT2D eigenvalue weighted by Crippen LogP contribution is 2.50. The normalized spacial score (nSPS) is 16.0. The van der Waals surface area contributed by atoms with Gasteiger partial charge in [0.05, 0.1) is 0 Å². The third-order valence-corrected chi connectivity index (χ3v) is 5.97. The van der Waals surface area contributed by atoms with Crippen molar-refractivity contribution in [2.24, 2.45) is 16.7 Å². The van der Waals surface area contributed by atoms with Gasteiger partial charge in [0, 0.05) is 0 Å². The van der Waals surface area contributed by atoms with Gasteiger partial charge in [-0.2, -0.15) is 0 Å². The molecule has 0 aliphatic carbocycles. The Balaban J connectivity index is 3.21. The van der Waals surface area contributed by atoms with E-state index in [1.807, 2.05) is 12.1 Å². The van der Waals surface area contributed by atoms with Crippen LogP contribution in [-0.4, -0.2) is 13.0 Å². The van der Waals surface area contributed by atoms with Gasteiger partial charge in [-0.3, -0.25) is 0 Å². The van der Waals surface area contributed by atoms with Crippen LogP contribution in [0.3, 0.4) is 0 Å². The van der Waals surface area contributed by atoms with Gasteiger partial charge in [0.15, 0.2) is 0 Å². The molecule has 0 bridgehead atoms. The van der Waals surface area contributed by atoms with Gasteiger partial charge in [-0.05, 0) is 46.8 Å². The summed E-state index contributed by atoms with van der Waals surface area (Å²) in [6, 6.07) is 7.84. The van der Waals surface area contributed by atoms with Gasteiger partial charge in [0.1, 0.15) is 13.6 Å². The highest BCUT2D eigenvalue weighted by molar-refractivity contribution is 6.11. The molecule has 1 aromatic rings. The zero-order chi connectivity index (χ0) is 16.4. The second kappa shape index (κ2) is 6.46. The fourth-order valence-electron chi connectivity index (χ4n) is 2.68. The largest absolute Gasteiger partial charge is 0.508 e. The average Bonchev–Trinajstić information content (AvgIpc) is 2.36. The first-order valence-electron chi connectivity index (χ1n) is 8.27. The number of hydrogen-bond donors (Lipinski definition) is 1. The predicted molar refractivity (Wildman–Crippen MR) is 95.8 cm³/mol. The molecule has 0 saturated carbocycles. The molecular weight excluding hydrogens is 255 g/mol. The van der Waals surface area contributed by atoms with Crippen molar-refractivity contribution >= 4 is 7.85 Å². The maximum atomic E-state index is 9.57. The van der Waals surface area contributed by atoms with Crippen molar-refractivity contribution in [2.45, 2.75) is 66.6 Å². The Bertz CT molecular complexity index is 443. The van der Waals surface area contributed by atoms with Crippen molar-refractivity contribution in [3.8, 4) is 5.75 Å². The Morgan fingerprint density at radius 3 is 1.86 bits per heavy atom. The van der Waals surface area contributed by atoms with Gasteiger partial charge in [0.25, 0.3) is 0 Å². The molecule has 2 atom stereocenters. The zero-order valence-corrected chi connectivity index (χ0v) is 15.2. The molecular formula is C19H33BO. The highest BCUT2D eigenvalue weighted by Gasteiger charge is 2.38. The van der Waals surface area contributed by atoms with Crippen LogP contribution in [0, 0.1) is 16.7 Å². The lowest BCUT2D eigenvalue weighted by atomic mass is 9.56. The molecule has 0 heterocycles. The molecule has 0 aliphatic rings. The minimum Gasteiger partial charge on any atom is -0.508 e. The van der Waals surface area contributed by atoms with Crippen molar-refractivity contribution < 1.29 is 5.11 Å². The van der Waals surface area contributed by atoms with Gasteiger partial charge in [0.2, 0.25) is 0 Å². The number of phenolic OH excluding ortho intramolecular Hbond substituents is 1. The molecule has 1 aromatic carbocycles. The molecule has 2 heteroatoms. The Labute approximate surface area is 132 Å². The van der Waals surface area contributed by atoms with Crippen molar-refractivity contribution in [1.82, 2.24) is 0 Å². The Kier molecular flexibility index (Phi) is 5.58. The molecule has 0 saturated heterocycles. The lowest BCUT2D eigenvalue weighted by Crippen LogP contribution is -2.32. The van der Waals surface area contributed by atoms with Gasteiger partial charge in [-0.15, -0.1) is 0 Å². The second-order valence-corrected chi connectivity index (χ2v) is 8.47. The summed E-state index contributed by atoms with van der Waals surface area (Å²) in [6.07, 6.45) is 1.17. The topological polar surface area (TPSA) is 20.2 Å². The van der Waals surface area contributed by atoms with Gasteiger partial charge in [-0.1, -0.05) is 66.4 Å². The van der Waals surface area contributed by atoms with E-state index < -0.39 is 0 Å². The molecule has 1 N–H and O–H groups in total. The summed E-state index contributed by atoms with van der Waals surface area (Å²) < 4.78 is 0. The molecule has 2 unspecified atom stereocenters. The summed E-state index contributed by atoms with van der Waals surface area (Å²) in [6.45, 7) is 16.5. The second-order valence-electron chi connectivity index (χ2n) is 8.47. The predicted octanol–water partition coefficient (Wildman–Crippen LogP) is 5.02. The fraction of sp³-hybridized carbons (Fsp3) is 0.684. The monoisotopic (exact) mass is 288 g/mol. The van der Waals surface area contributed by atoms with Crippen LogP contribution in [0.2, 0.25) is 5.82 Å². The highest BCUT2D eigenvalue weighted by atomic mass is 16.3. The number of phenols is 1. The fourth-order valence-corrected chi connectivity index (χ4v) is 2.68. The standard InChI is InChI=1S/C19H33BO/c1-13(2)18(4,5)12-17(19(6,7)14(3)20)15-8-10-16(21)11-9-15/h8-11,13-14,17,21H,12,20H2,1-7H3. The van der Waals surface area contributed by atoms with Crippen molar-refractivity contribution in [1.29, 1.82) is 0 Å². The zero-order valence-electron chi connectivity index (χ0n) is 15.2.